The summed E-state index contributed by atoms with van der Waals surface area (Å²) >= 11 is 0. The summed E-state index contributed by atoms with van der Waals surface area (Å²) in [7, 11) is 0. The van der Waals surface area contributed by atoms with Gasteiger partial charge in [0.15, 0.2) is 0 Å². The second-order valence-electron chi connectivity index (χ2n) is 6.04. The van der Waals surface area contributed by atoms with Crippen LogP contribution in [-0.4, -0.2) is 22.1 Å². The monoisotopic (exact) mass is 269 g/mol. The van der Waals surface area contributed by atoms with Crippen LogP contribution in [0.25, 0.3) is 17.1 Å². The highest BCUT2D eigenvalue weighted by atomic mass is 14.9. The van der Waals surface area contributed by atoms with Gasteiger partial charge in [-0.05, 0) is 45.4 Å². The van der Waals surface area contributed by atoms with Gasteiger partial charge in [0.2, 0.25) is 0 Å². The average Bonchev–Trinajstić information content (AvgIpc) is 2.42. The van der Waals surface area contributed by atoms with Gasteiger partial charge in [-0.2, -0.15) is 0 Å². The molecule has 0 aliphatic rings. The maximum Gasteiger partial charge on any atom is 0.0894 e. The number of fused-ring (bicyclic) bond motifs is 1. The molecule has 2 aromatic rings. The van der Waals surface area contributed by atoms with Crippen LogP contribution in [0.2, 0.25) is 0 Å². The molecule has 2 rings (SSSR count). The Morgan fingerprint density at radius 2 is 1.90 bits per heavy atom. The molecule has 0 amide bonds. The predicted molar refractivity (Wildman–Crippen MR) is 85.6 cm³/mol. The fraction of sp³-hybridized carbons (Fsp3) is 0.412. The minimum atomic E-state index is 0.128. The fourth-order valence-corrected chi connectivity index (χ4v) is 1.91. The van der Waals surface area contributed by atoms with Crippen molar-refractivity contribution >= 4 is 17.1 Å². The zero-order chi connectivity index (χ0) is 14.6. The summed E-state index contributed by atoms with van der Waals surface area (Å²) in [6, 6.07) is 7.96. The van der Waals surface area contributed by atoms with Crippen molar-refractivity contribution in [3.8, 4) is 0 Å². The molecule has 0 radical (unpaired) electrons. The predicted octanol–water partition coefficient (Wildman–Crippen LogP) is 3.81. The first-order valence-corrected chi connectivity index (χ1v) is 7.14. The van der Waals surface area contributed by atoms with E-state index in [1.807, 2.05) is 30.5 Å². The number of nitrogens with zero attached hydrogens (tertiary/aromatic N) is 2. The quantitative estimate of drug-likeness (QED) is 0.917. The molecule has 3 heteroatoms. The minimum Gasteiger partial charge on any atom is -0.308 e. The zero-order valence-electron chi connectivity index (χ0n) is 12.8. The molecule has 106 valence electrons. The molecule has 0 spiro atoms. The van der Waals surface area contributed by atoms with Crippen LogP contribution in [0, 0.1) is 0 Å². The Kier molecular flexibility index (Phi) is 4.50. The van der Waals surface area contributed by atoms with Gasteiger partial charge < -0.3 is 5.32 Å². The lowest BCUT2D eigenvalue weighted by Gasteiger charge is -2.21. The number of hydrogen-bond donors (Lipinski definition) is 1. The first kappa shape index (κ1) is 14.7. The molecule has 1 heterocycles. The average molecular weight is 269 g/mol. The van der Waals surface area contributed by atoms with Gasteiger partial charge in [0.1, 0.15) is 0 Å². The number of hydrogen-bond acceptors (Lipinski definition) is 3. The molecule has 0 aliphatic carbocycles. The summed E-state index contributed by atoms with van der Waals surface area (Å²) in [6.07, 6.45) is 4.99. The summed E-state index contributed by atoms with van der Waals surface area (Å²) < 4.78 is 0. The third-order valence-electron chi connectivity index (χ3n) is 3.12. The van der Waals surface area contributed by atoms with Gasteiger partial charge in [-0.3, -0.25) is 4.98 Å². The van der Waals surface area contributed by atoms with Crippen molar-refractivity contribution in [3.05, 3.63) is 41.7 Å². The molecule has 0 unspecified atom stereocenters. The normalized spacial score (nSPS) is 12.9. The Labute approximate surface area is 121 Å². The van der Waals surface area contributed by atoms with E-state index in [9.17, 15) is 0 Å². The van der Waals surface area contributed by atoms with E-state index in [1.54, 1.807) is 0 Å². The molecule has 0 saturated carbocycles. The topological polar surface area (TPSA) is 37.8 Å². The van der Waals surface area contributed by atoms with E-state index in [1.165, 1.54) is 5.57 Å². The van der Waals surface area contributed by atoms with Crippen LogP contribution in [0.5, 0.6) is 0 Å². The molecule has 20 heavy (non-hydrogen) atoms. The SMILES string of the molecule is CCC(=Cc1cnc2ccccc2n1)CNC(C)(C)C. The number of benzene rings is 1. The first-order valence-electron chi connectivity index (χ1n) is 7.14. The van der Waals surface area contributed by atoms with Crippen molar-refractivity contribution < 1.29 is 0 Å². The minimum absolute atomic E-state index is 0.128. The van der Waals surface area contributed by atoms with Gasteiger partial charge in [0.25, 0.3) is 0 Å². The molecule has 0 atom stereocenters. The van der Waals surface area contributed by atoms with E-state index in [2.05, 4.69) is 49.1 Å². The lowest BCUT2D eigenvalue weighted by atomic mass is 10.1. The van der Waals surface area contributed by atoms with Gasteiger partial charge in [-0.1, -0.05) is 24.6 Å². The third-order valence-corrected chi connectivity index (χ3v) is 3.12. The summed E-state index contributed by atoms with van der Waals surface area (Å²) in [4.78, 5) is 9.09. The maximum atomic E-state index is 4.64. The lowest BCUT2D eigenvalue weighted by Crippen LogP contribution is -2.36. The first-order chi connectivity index (χ1) is 9.48. The van der Waals surface area contributed by atoms with E-state index in [0.29, 0.717) is 0 Å². The molecular weight excluding hydrogens is 246 g/mol. The van der Waals surface area contributed by atoms with Gasteiger partial charge in [0.05, 0.1) is 22.9 Å². The molecular formula is C17H23N3. The van der Waals surface area contributed by atoms with Crippen molar-refractivity contribution in [1.29, 1.82) is 0 Å². The third kappa shape index (κ3) is 4.14. The molecule has 3 nitrogen and oxygen atoms in total. The van der Waals surface area contributed by atoms with E-state index in [0.717, 1.165) is 29.7 Å². The Bertz CT molecular complexity index is 609. The fourth-order valence-electron chi connectivity index (χ4n) is 1.91. The second kappa shape index (κ2) is 6.14. The molecule has 0 aliphatic heterocycles. The van der Waals surface area contributed by atoms with Crippen LogP contribution < -0.4 is 5.32 Å². The zero-order valence-corrected chi connectivity index (χ0v) is 12.8. The standard InChI is InChI=1S/C17H23N3/c1-5-13(11-19-17(2,3)4)10-14-12-18-15-8-6-7-9-16(15)20-14/h6-10,12,19H,5,11H2,1-4H3. The molecule has 0 fully saturated rings. The highest BCUT2D eigenvalue weighted by molar-refractivity contribution is 5.74. The van der Waals surface area contributed by atoms with Crippen molar-refractivity contribution in [2.24, 2.45) is 0 Å². The highest BCUT2D eigenvalue weighted by Crippen LogP contribution is 2.12. The Balaban J connectivity index is 2.20. The molecule has 1 aromatic heterocycles. The highest BCUT2D eigenvalue weighted by Gasteiger charge is 2.09. The molecule has 1 aromatic carbocycles. The molecule has 1 N–H and O–H groups in total. The van der Waals surface area contributed by atoms with Gasteiger partial charge in [0, 0.05) is 12.1 Å². The van der Waals surface area contributed by atoms with Crippen LogP contribution >= 0.6 is 0 Å². The van der Waals surface area contributed by atoms with Gasteiger partial charge >= 0.3 is 0 Å². The summed E-state index contributed by atoms with van der Waals surface area (Å²) in [5, 5.41) is 3.51. The van der Waals surface area contributed by atoms with Crippen molar-refractivity contribution in [1.82, 2.24) is 15.3 Å². The summed E-state index contributed by atoms with van der Waals surface area (Å²) in [5.41, 5.74) is 4.28. The Morgan fingerprint density at radius 1 is 1.20 bits per heavy atom. The van der Waals surface area contributed by atoms with E-state index < -0.39 is 0 Å². The van der Waals surface area contributed by atoms with E-state index >= 15 is 0 Å². The Hall–Kier alpha value is -1.74. The number of rotatable bonds is 4. The smallest absolute Gasteiger partial charge is 0.0894 e. The number of nitrogens with one attached hydrogen (secondary N) is 1. The second-order valence-corrected chi connectivity index (χ2v) is 6.04. The van der Waals surface area contributed by atoms with Gasteiger partial charge in [-0.25, -0.2) is 4.98 Å². The van der Waals surface area contributed by atoms with Crippen LogP contribution in [0.4, 0.5) is 0 Å². The van der Waals surface area contributed by atoms with Crippen LogP contribution in [0.3, 0.4) is 0 Å². The van der Waals surface area contributed by atoms with Crippen molar-refractivity contribution in [2.45, 2.75) is 39.7 Å². The maximum absolute atomic E-state index is 4.64. The largest absolute Gasteiger partial charge is 0.308 e. The van der Waals surface area contributed by atoms with Gasteiger partial charge in [-0.15, -0.1) is 0 Å². The molecule has 0 bridgehead atoms. The summed E-state index contributed by atoms with van der Waals surface area (Å²) in [5.74, 6) is 0. The van der Waals surface area contributed by atoms with Crippen LogP contribution in [0.1, 0.15) is 39.8 Å². The van der Waals surface area contributed by atoms with E-state index in [-0.39, 0.29) is 5.54 Å². The molecule has 0 saturated heterocycles. The van der Waals surface area contributed by atoms with Crippen molar-refractivity contribution in [3.63, 3.8) is 0 Å². The summed E-state index contributed by atoms with van der Waals surface area (Å²) in [6.45, 7) is 9.58. The van der Waals surface area contributed by atoms with Crippen LogP contribution in [0.15, 0.2) is 36.0 Å². The number of para-hydroxylation sites is 2. The van der Waals surface area contributed by atoms with Crippen molar-refractivity contribution in [2.75, 3.05) is 6.54 Å². The van der Waals surface area contributed by atoms with Crippen LogP contribution in [-0.2, 0) is 0 Å². The number of aromatic nitrogens is 2. The van der Waals surface area contributed by atoms with E-state index in [4.69, 9.17) is 0 Å². The lowest BCUT2D eigenvalue weighted by molar-refractivity contribution is 0.443. The Morgan fingerprint density at radius 3 is 2.55 bits per heavy atom.